The summed E-state index contributed by atoms with van der Waals surface area (Å²) < 4.78 is 38.3. The molecule has 1 fully saturated rings. The van der Waals surface area contributed by atoms with E-state index in [1.165, 1.54) is 12.1 Å². The van der Waals surface area contributed by atoms with Crippen LogP contribution in [0.2, 0.25) is 0 Å². The number of carbonyl (C=O) groups excluding carboxylic acids is 1. The van der Waals surface area contributed by atoms with E-state index in [-0.39, 0.29) is 23.5 Å². The number of anilines is 1. The van der Waals surface area contributed by atoms with Gasteiger partial charge in [-0.25, -0.2) is 13.1 Å². The number of benzene rings is 2. The van der Waals surface area contributed by atoms with E-state index in [9.17, 15) is 13.2 Å². The first-order valence-electron chi connectivity index (χ1n) is 9.73. The van der Waals surface area contributed by atoms with E-state index in [1.54, 1.807) is 36.4 Å². The van der Waals surface area contributed by atoms with Crippen molar-refractivity contribution in [3.05, 3.63) is 54.1 Å². The molecule has 0 saturated carbocycles. The van der Waals surface area contributed by atoms with Crippen LogP contribution in [-0.4, -0.2) is 40.2 Å². The first-order chi connectivity index (χ1) is 14.0. The minimum Gasteiger partial charge on any atom is -0.494 e. The molecule has 29 heavy (non-hydrogen) atoms. The molecule has 1 heterocycles. The van der Waals surface area contributed by atoms with Crippen LogP contribution in [-0.2, 0) is 14.8 Å². The number of rotatable bonds is 9. The normalized spacial score (nSPS) is 16.5. The van der Waals surface area contributed by atoms with Gasteiger partial charge in [0.1, 0.15) is 5.75 Å². The monoisotopic (exact) mass is 418 g/mol. The molecule has 1 aliphatic rings. The van der Waals surface area contributed by atoms with Gasteiger partial charge in [0.2, 0.25) is 10.0 Å². The highest BCUT2D eigenvalue weighted by Crippen LogP contribution is 2.18. The zero-order chi connectivity index (χ0) is 20.7. The number of amides is 1. The molecule has 1 saturated heterocycles. The summed E-state index contributed by atoms with van der Waals surface area (Å²) in [5.74, 6) is 0.438. The summed E-state index contributed by atoms with van der Waals surface area (Å²) in [6.45, 7) is 3.59. The molecule has 2 N–H and O–H groups in total. The van der Waals surface area contributed by atoms with E-state index in [1.807, 2.05) is 6.92 Å². The van der Waals surface area contributed by atoms with Crippen molar-refractivity contribution < 1.29 is 22.7 Å². The first kappa shape index (κ1) is 21.3. The molecule has 8 heteroatoms. The van der Waals surface area contributed by atoms with E-state index >= 15 is 0 Å². The number of ether oxygens (including phenoxy) is 2. The van der Waals surface area contributed by atoms with Crippen LogP contribution >= 0.6 is 0 Å². The summed E-state index contributed by atoms with van der Waals surface area (Å²) in [6, 6.07) is 12.9. The van der Waals surface area contributed by atoms with E-state index in [0.29, 0.717) is 30.2 Å². The van der Waals surface area contributed by atoms with Gasteiger partial charge in [0.05, 0.1) is 17.6 Å². The third-order valence-electron chi connectivity index (χ3n) is 4.54. The third-order valence-corrected chi connectivity index (χ3v) is 5.98. The summed E-state index contributed by atoms with van der Waals surface area (Å²) in [7, 11) is -3.61. The van der Waals surface area contributed by atoms with Crippen LogP contribution in [0.3, 0.4) is 0 Å². The van der Waals surface area contributed by atoms with E-state index in [2.05, 4.69) is 10.0 Å². The molecule has 2 aromatic rings. The Morgan fingerprint density at radius 3 is 2.48 bits per heavy atom. The van der Waals surface area contributed by atoms with Crippen molar-refractivity contribution in [2.24, 2.45) is 0 Å². The molecule has 156 valence electrons. The quantitative estimate of drug-likeness (QED) is 0.652. The van der Waals surface area contributed by atoms with Gasteiger partial charge in [0.15, 0.2) is 0 Å². The van der Waals surface area contributed by atoms with Crippen molar-refractivity contribution in [1.29, 1.82) is 0 Å². The minimum atomic E-state index is -3.61. The Balaban J connectivity index is 1.57. The molecular weight excluding hydrogens is 392 g/mol. The van der Waals surface area contributed by atoms with Gasteiger partial charge in [-0.05, 0) is 67.8 Å². The summed E-state index contributed by atoms with van der Waals surface area (Å²) in [5, 5.41) is 2.76. The maximum Gasteiger partial charge on any atom is 0.255 e. The van der Waals surface area contributed by atoms with Crippen molar-refractivity contribution in [2.45, 2.75) is 37.2 Å². The predicted molar refractivity (Wildman–Crippen MR) is 111 cm³/mol. The molecule has 0 bridgehead atoms. The van der Waals surface area contributed by atoms with Crippen molar-refractivity contribution in [1.82, 2.24) is 4.72 Å². The fraction of sp³-hybridized carbons (Fsp3) is 0.381. The Bertz CT molecular complexity index is 905. The highest BCUT2D eigenvalue weighted by molar-refractivity contribution is 7.89. The third kappa shape index (κ3) is 6.03. The molecule has 0 aliphatic carbocycles. The van der Waals surface area contributed by atoms with Crippen LogP contribution < -0.4 is 14.8 Å². The van der Waals surface area contributed by atoms with Crippen LogP contribution in [0.15, 0.2) is 53.4 Å². The van der Waals surface area contributed by atoms with Crippen molar-refractivity contribution in [2.75, 3.05) is 25.1 Å². The second-order valence-electron chi connectivity index (χ2n) is 6.84. The molecule has 7 nitrogen and oxygen atoms in total. The van der Waals surface area contributed by atoms with Gasteiger partial charge < -0.3 is 14.8 Å². The second-order valence-corrected chi connectivity index (χ2v) is 8.61. The van der Waals surface area contributed by atoms with Crippen LogP contribution in [0.5, 0.6) is 5.75 Å². The topological polar surface area (TPSA) is 93.7 Å². The standard InChI is InChI=1S/C21H26N2O5S/c1-2-13-27-18-9-5-16(6-10-18)21(24)23-17-7-11-20(12-8-17)29(25,26)22-15-19-4-3-14-28-19/h5-12,19,22H,2-4,13-15H2,1H3,(H,23,24). The van der Waals surface area contributed by atoms with Gasteiger partial charge in [-0.15, -0.1) is 0 Å². The zero-order valence-electron chi connectivity index (χ0n) is 16.4. The van der Waals surface area contributed by atoms with Gasteiger partial charge in [0.25, 0.3) is 5.91 Å². The number of carbonyl (C=O) groups is 1. The van der Waals surface area contributed by atoms with Gasteiger partial charge in [-0.2, -0.15) is 0 Å². The maximum atomic E-state index is 12.4. The van der Waals surface area contributed by atoms with E-state index < -0.39 is 10.0 Å². The lowest BCUT2D eigenvalue weighted by molar-refractivity contribution is 0.102. The molecule has 1 unspecified atom stereocenters. The summed E-state index contributed by atoms with van der Waals surface area (Å²) in [5.41, 5.74) is 1.00. The maximum absolute atomic E-state index is 12.4. The average Bonchev–Trinajstić information content (AvgIpc) is 3.25. The van der Waals surface area contributed by atoms with Crippen LogP contribution in [0.4, 0.5) is 5.69 Å². The number of hydrogen-bond acceptors (Lipinski definition) is 5. The van der Waals surface area contributed by atoms with E-state index in [4.69, 9.17) is 9.47 Å². The Morgan fingerprint density at radius 1 is 1.14 bits per heavy atom. The number of hydrogen-bond donors (Lipinski definition) is 2. The molecular formula is C21H26N2O5S. The van der Waals surface area contributed by atoms with Crippen LogP contribution in [0, 0.1) is 0 Å². The zero-order valence-corrected chi connectivity index (χ0v) is 17.2. The van der Waals surface area contributed by atoms with Crippen molar-refractivity contribution in [3.8, 4) is 5.75 Å². The van der Waals surface area contributed by atoms with Crippen molar-refractivity contribution in [3.63, 3.8) is 0 Å². The molecule has 0 radical (unpaired) electrons. The fourth-order valence-electron chi connectivity index (χ4n) is 2.93. The highest BCUT2D eigenvalue weighted by atomic mass is 32.2. The Labute approximate surface area is 171 Å². The molecule has 1 atom stereocenters. The summed E-state index contributed by atoms with van der Waals surface area (Å²) in [4.78, 5) is 12.5. The minimum absolute atomic E-state index is 0.0675. The van der Waals surface area contributed by atoms with Crippen molar-refractivity contribution >= 4 is 21.6 Å². The van der Waals surface area contributed by atoms with Gasteiger partial charge in [-0.3, -0.25) is 4.79 Å². The molecule has 0 aromatic heterocycles. The highest BCUT2D eigenvalue weighted by Gasteiger charge is 2.20. The van der Waals surface area contributed by atoms with Gasteiger partial charge >= 0.3 is 0 Å². The largest absolute Gasteiger partial charge is 0.494 e. The predicted octanol–water partition coefficient (Wildman–Crippen LogP) is 3.19. The van der Waals surface area contributed by atoms with Crippen LogP contribution in [0.25, 0.3) is 0 Å². The SMILES string of the molecule is CCCOc1ccc(C(=O)Nc2ccc(S(=O)(=O)NCC3CCCO3)cc2)cc1. The van der Waals surface area contributed by atoms with Crippen LogP contribution in [0.1, 0.15) is 36.5 Å². The first-order valence-corrected chi connectivity index (χ1v) is 11.2. The average molecular weight is 419 g/mol. The second kappa shape index (κ2) is 9.87. The number of nitrogens with one attached hydrogen (secondary N) is 2. The molecule has 3 rings (SSSR count). The fourth-order valence-corrected chi connectivity index (χ4v) is 4.00. The Morgan fingerprint density at radius 2 is 1.86 bits per heavy atom. The smallest absolute Gasteiger partial charge is 0.255 e. The summed E-state index contributed by atoms with van der Waals surface area (Å²) >= 11 is 0. The Hall–Kier alpha value is -2.42. The summed E-state index contributed by atoms with van der Waals surface area (Å²) in [6.07, 6.45) is 2.66. The lowest BCUT2D eigenvalue weighted by Crippen LogP contribution is -2.31. The van der Waals surface area contributed by atoms with Gasteiger partial charge in [0, 0.05) is 24.4 Å². The van der Waals surface area contributed by atoms with Gasteiger partial charge in [-0.1, -0.05) is 6.92 Å². The molecule has 0 spiro atoms. The molecule has 1 aliphatic heterocycles. The Kier molecular flexibility index (Phi) is 7.24. The van der Waals surface area contributed by atoms with E-state index in [0.717, 1.165) is 19.3 Å². The molecule has 1 amide bonds. The molecule has 2 aromatic carbocycles. The lowest BCUT2D eigenvalue weighted by atomic mass is 10.2. The lowest BCUT2D eigenvalue weighted by Gasteiger charge is -2.12. The number of sulfonamides is 1.